The quantitative estimate of drug-likeness (QED) is 0.832. The molecule has 1 aliphatic carbocycles. The second-order valence-electron chi connectivity index (χ2n) is 6.33. The van der Waals surface area contributed by atoms with Crippen LogP contribution in [0.3, 0.4) is 0 Å². The number of pyridine rings is 1. The van der Waals surface area contributed by atoms with E-state index in [4.69, 9.17) is 0 Å². The lowest BCUT2D eigenvalue weighted by Gasteiger charge is -2.20. The molecule has 2 nitrogen and oxygen atoms in total. The van der Waals surface area contributed by atoms with Crippen molar-refractivity contribution in [3.05, 3.63) is 29.6 Å². The molecule has 1 fully saturated rings. The fourth-order valence-electron chi connectivity index (χ4n) is 2.82. The standard InChI is InChI=1S/C16H26N2/c1-5-8-17-15(13-11-16(13,3)4)10-14-12(2)7-6-9-18-14/h6-7,9,13,15,17H,5,8,10-11H2,1-4H3. The summed E-state index contributed by atoms with van der Waals surface area (Å²) in [6.07, 6.45) is 5.53. The van der Waals surface area contributed by atoms with E-state index >= 15 is 0 Å². The van der Waals surface area contributed by atoms with Crippen LogP contribution in [0.25, 0.3) is 0 Å². The van der Waals surface area contributed by atoms with Crippen molar-refractivity contribution in [2.45, 2.75) is 53.0 Å². The summed E-state index contributed by atoms with van der Waals surface area (Å²) in [5, 5.41) is 3.72. The first-order valence-corrected chi connectivity index (χ1v) is 7.18. The molecule has 18 heavy (non-hydrogen) atoms. The van der Waals surface area contributed by atoms with Crippen molar-refractivity contribution >= 4 is 0 Å². The number of nitrogens with one attached hydrogen (secondary N) is 1. The number of hydrogen-bond donors (Lipinski definition) is 1. The van der Waals surface area contributed by atoms with Crippen LogP contribution in [0.15, 0.2) is 18.3 Å². The highest BCUT2D eigenvalue weighted by atomic mass is 14.9. The molecule has 2 atom stereocenters. The van der Waals surface area contributed by atoms with E-state index in [1.54, 1.807) is 0 Å². The molecule has 1 N–H and O–H groups in total. The average Bonchev–Trinajstić information content (AvgIpc) is 2.96. The van der Waals surface area contributed by atoms with Gasteiger partial charge in [0.25, 0.3) is 0 Å². The van der Waals surface area contributed by atoms with E-state index in [9.17, 15) is 0 Å². The Kier molecular flexibility index (Phi) is 4.06. The maximum absolute atomic E-state index is 4.54. The summed E-state index contributed by atoms with van der Waals surface area (Å²) in [5.41, 5.74) is 3.10. The summed E-state index contributed by atoms with van der Waals surface area (Å²) in [5.74, 6) is 0.811. The van der Waals surface area contributed by atoms with Gasteiger partial charge in [-0.2, -0.15) is 0 Å². The van der Waals surface area contributed by atoms with Gasteiger partial charge in [0.1, 0.15) is 0 Å². The second kappa shape index (κ2) is 5.40. The van der Waals surface area contributed by atoms with Gasteiger partial charge >= 0.3 is 0 Å². The average molecular weight is 246 g/mol. The highest BCUT2D eigenvalue weighted by molar-refractivity contribution is 5.20. The van der Waals surface area contributed by atoms with Gasteiger partial charge in [0.15, 0.2) is 0 Å². The molecule has 0 saturated heterocycles. The maximum atomic E-state index is 4.54. The summed E-state index contributed by atoms with van der Waals surface area (Å²) in [6, 6.07) is 4.78. The zero-order valence-corrected chi connectivity index (χ0v) is 12.2. The van der Waals surface area contributed by atoms with Crippen molar-refractivity contribution in [3.8, 4) is 0 Å². The van der Waals surface area contributed by atoms with Crippen LogP contribution in [0.5, 0.6) is 0 Å². The number of aryl methyl sites for hydroxylation is 1. The molecule has 1 aromatic rings. The predicted octanol–water partition coefficient (Wildman–Crippen LogP) is 3.35. The largest absolute Gasteiger partial charge is 0.313 e. The van der Waals surface area contributed by atoms with Crippen LogP contribution >= 0.6 is 0 Å². The topological polar surface area (TPSA) is 24.9 Å². The molecule has 2 rings (SSSR count). The lowest BCUT2D eigenvalue weighted by molar-refractivity contribution is 0.399. The van der Waals surface area contributed by atoms with Gasteiger partial charge in [-0.3, -0.25) is 4.98 Å². The third-order valence-corrected chi connectivity index (χ3v) is 4.26. The van der Waals surface area contributed by atoms with Crippen LogP contribution in [0, 0.1) is 18.3 Å². The van der Waals surface area contributed by atoms with Crippen LogP contribution in [0.2, 0.25) is 0 Å². The van der Waals surface area contributed by atoms with E-state index < -0.39 is 0 Å². The smallest absolute Gasteiger partial charge is 0.0448 e. The Morgan fingerprint density at radius 2 is 2.22 bits per heavy atom. The van der Waals surface area contributed by atoms with Crippen molar-refractivity contribution in [2.24, 2.45) is 11.3 Å². The summed E-state index contributed by atoms with van der Waals surface area (Å²) in [7, 11) is 0. The van der Waals surface area contributed by atoms with Crippen molar-refractivity contribution in [1.29, 1.82) is 0 Å². The molecule has 100 valence electrons. The van der Waals surface area contributed by atoms with Gasteiger partial charge in [0, 0.05) is 24.4 Å². The van der Waals surface area contributed by atoms with Gasteiger partial charge in [0.2, 0.25) is 0 Å². The molecule has 1 saturated carbocycles. The molecule has 0 radical (unpaired) electrons. The molecule has 0 aliphatic heterocycles. The molecule has 2 unspecified atom stereocenters. The highest BCUT2D eigenvalue weighted by Gasteiger charge is 2.49. The van der Waals surface area contributed by atoms with E-state index in [1.165, 1.54) is 24.1 Å². The highest BCUT2D eigenvalue weighted by Crippen LogP contribution is 2.54. The van der Waals surface area contributed by atoms with E-state index in [1.807, 2.05) is 12.3 Å². The number of nitrogens with zero attached hydrogens (tertiary/aromatic N) is 1. The molecule has 2 heteroatoms. The van der Waals surface area contributed by atoms with E-state index in [0.29, 0.717) is 11.5 Å². The Morgan fingerprint density at radius 1 is 1.50 bits per heavy atom. The Bertz CT molecular complexity index is 398. The third-order valence-electron chi connectivity index (χ3n) is 4.26. The fraction of sp³-hybridized carbons (Fsp3) is 0.688. The molecule has 0 amide bonds. The minimum absolute atomic E-state index is 0.522. The van der Waals surface area contributed by atoms with Gasteiger partial charge in [0.05, 0.1) is 0 Å². The summed E-state index contributed by atoms with van der Waals surface area (Å²) >= 11 is 0. The van der Waals surface area contributed by atoms with Crippen LogP contribution < -0.4 is 5.32 Å². The van der Waals surface area contributed by atoms with Crippen molar-refractivity contribution < 1.29 is 0 Å². The van der Waals surface area contributed by atoms with Crippen LogP contribution in [0.4, 0.5) is 0 Å². The molecular formula is C16H26N2. The fourth-order valence-corrected chi connectivity index (χ4v) is 2.82. The normalized spacial score (nSPS) is 22.8. The number of rotatable bonds is 6. The van der Waals surface area contributed by atoms with Gasteiger partial charge < -0.3 is 5.32 Å². The summed E-state index contributed by atoms with van der Waals surface area (Å²) < 4.78 is 0. The SMILES string of the molecule is CCCNC(Cc1ncccc1C)C1CC1(C)C. The monoisotopic (exact) mass is 246 g/mol. The number of hydrogen-bond acceptors (Lipinski definition) is 2. The number of aromatic nitrogens is 1. The first-order chi connectivity index (χ1) is 8.54. The van der Waals surface area contributed by atoms with Crippen LogP contribution in [-0.4, -0.2) is 17.6 Å². The van der Waals surface area contributed by atoms with Crippen molar-refractivity contribution in [2.75, 3.05) is 6.54 Å². The zero-order chi connectivity index (χ0) is 13.2. The molecular weight excluding hydrogens is 220 g/mol. The Balaban J connectivity index is 2.04. The molecule has 0 aromatic carbocycles. The Labute approximate surface area is 111 Å². The first-order valence-electron chi connectivity index (χ1n) is 7.18. The molecule has 0 bridgehead atoms. The molecule has 1 aromatic heterocycles. The molecule has 0 spiro atoms. The summed E-state index contributed by atoms with van der Waals surface area (Å²) in [4.78, 5) is 4.54. The molecule has 1 heterocycles. The van der Waals surface area contributed by atoms with Crippen molar-refractivity contribution in [1.82, 2.24) is 10.3 Å². The third kappa shape index (κ3) is 3.11. The van der Waals surface area contributed by atoms with Gasteiger partial charge in [-0.15, -0.1) is 0 Å². The van der Waals surface area contributed by atoms with E-state index in [0.717, 1.165) is 18.9 Å². The van der Waals surface area contributed by atoms with Crippen molar-refractivity contribution in [3.63, 3.8) is 0 Å². The van der Waals surface area contributed by atoms with Gasteiger partial charge in [-0.05, 0) is 49.3 Å². The Hall–Kier alpha value is -0.890. The predicted molar refractivity (Wildman–Crippen MR) is 76.6 cm³/mol. The van der Waals surface area contributed by atoms with Crippen LogP contribution in [0.1, 0.15) is 44.9 Å². The van der Waals surface area contributed by atoms with E-state index in [-0.39, 0.29) is 0 Å². The van der Waals surface area contributed by atoms with E-state index in [2.05, 4.69) is 44.1 Å². The Morgan fingerprint density at radius 3 is 2.78 bits per heavy atom. The zero-order valence-electron chi connectivity index (χ0n) is 12.2. The first kappa shape index (κ1) is 13.5. The van der Waals surface area contributed by atoms with Gasteiger partial charge in [-0.1, -0.05) is 26.8 Å². The lowest BCUT2D eigenvalue weighted by atomic mass is 9.98. The van der Waals surface area contributed by atoms with Gasteiger partial charge in [-0.25, -0.2) is 0 Å². The second-order valence-corrected chi connectivity index (χ2v) is 6.33. The minimum Gasteiger partial charge on any atom is -0.313 e. The maximum Gasteiger partial charge on any atom is 0.0448 e. The minimum atomic E-state index is 0.522. The summed E-state index contributed by atoms with van der Waals surface area (Å²) in [6.45, 7) is 10.3. The lowest BCUT2D eigenvalue weighted by Crippen LogP contribution is -2.35. The van der Waals surface area contributed by atoms with Crippen LogP contribution in [-0.2, 0) is 6.42 Å². The molecule has 1 aliphatic rings.